The van der Waals surface area contributed by atoms with Crippen molar-refractivity contribution in [1.82, 2.24) is 4.98 Å². The second-order valence-electron chi connectivity index (χ2n) is 4.20. The first-order valence-corrected chi connectivity index (χ1v) is 6.56. The van der Waals surface area contributed by atoms with Crippen LogP contribution in [0.4, 0.5) is 5.82 Å². The number of nitrogens with zero attached hydrogens (tertiary/aromatic N) is 2. The van der Waals surface area contributed by atoms with Gasteiger partial charge >= 0.3 is 0 Å². The van der Waals surface area contributed by atoms with Crippen LogP contribution in [0.1, 0.15) is 15.9 Å². The normalized spacial score (nSPS) is 14.5. The molecule has 1 aliphatic heterocycles. The molecule has 2 aromatic rings. The highest BCUT2D eigenvalue weighted by Crippen LogP contribution is 2.23. The monoisotopic (exact) mass is 302 g/mol. The van der Waals surface area contributed by atoms with E-state index in [4.69, 9.17) is 0 Å². The maximum absolute atomic E-state index is 12.4. The summed E-state index contributed by atoms with van der Waals surface area (Å²) in [7, 11) is 0. The molecular formula is C14H11BrN2O. The number of fused-ring (bicyclic) bond motifs is 1. The van der Waals surface area contributed by atoms with Gasteiger partial charge in [0.05, 0.1) is 0 Å². The third-order valence-corrected chi connectivity index (χ3v) is 3.56. The molecule has 3 rings (SSSR count). The van der Waals surface area contributed by atoms with Gasteiger partial charge in [-0.3, -0.25) is 9.69 Å². The lowest BCUT2D eigenvalue weighted by atomic mass is 9.99. The lowest BCUT2D eigenvalue weighted by Crippen LogP contribution is -2.38. The van der Waals surface area contributed by atoms with Gasteiger partial charge < -0.3 is 0 Å². The van der Waals surface area contributed by atoms with Gasteiger partial charge in [0.1, 0.15) is 5.82 Å². The number of hydrogen-bond donors (Lipinski definition) is 0. The fourth-order valence-electron chi connectivity index (χ4n) is 2.17. The Balaban J connectivity index is 1.97. The van der Waals surface area contributed by atoms with Crippen LogP contribution < -0.4 is 4.90 Å². The Hall–Kier alpha value is -1.68. The molecule has 0 saturated carbocycles. The average Bonchev–Trinajstić information content (AvgIpc) is 2.41. The third kappa shape index (κ3) is 1.93. The summed E-state index contributed by atoms with van der Waals surface area (Å²) in [5.74, 6) is 0.740. The maximum atomic E-state index is 12.4. The van der Waals surface area contributed by atoms with E-state index in [9.17, 15) is 4.79 Å². The molecule has 0 unspecified atom stereocenters. The van der Waals surface area contributed by atoms with Crippen LogP contribution in [0.25, 0.3) is 0 Å². The largest absolute Gasteiger partial charge is 0.292 e. The molecule has 3 nitrogen and oxygen atoms in total. The third-order valence-electron chi connectivity index (χ3n) is 3.09. The van der Waals surface area contributed by atoms with E-state index >= 15 is 0 Å². The van der Waals surface area contributed by atoms with Crippen molar-refractivity contribution in [1.29, 1.82) is 0 Å². The van der Waals surface area contributed by atoms with Crippen molar-refractivity contribution in [3.05, 3.63) is 58.2 Å². The minimum atomic E-state index is 0.0340. The van der Waals surface area contributed by atoms with Gasteiger partial charge in [0.15, 0.2) is 0 Å². The molecule has 0 spiro atoms. The standard InChI is InChI=1S/C14H11BrN2O/c15-11-5-6-13(16-9-11)17-8-7-10-3-1-2-4-12(10)14(17)18/h1-6,9H,7-8H2. The summed E-state index contributed by atoms with van der Waals surface area (Å²) in [6.07, 6.45) is 2.59. The van der Waals surface area contributed by atoms with Gasteiger partial charge in [0.2, 0.25) is 0 Å². The van der Waals surface area contributed by atoms with Crippen molar-refractivity contribution in [3.63, 3.8) is 0 Å². The van der Waals surface area contributed by atoms with Crippen molar-refractivity contribution >= 4 is 27.7 Å². The highest BCUT2D eigenvalue weighted by molar-refractivity contribution is 9.10. The molecule has 0 fully saturated rings. The average molecular weight is 303 g/mol. The molecule has 90 valence electrons. The molecule has 1 aliphatic rings. The predicted octanol–water partition coefficient (Wildman–Crippen LogP) is 3.05. The number of aromatic nitrogens is 1. The van der Waals surface area contributed by atoms with E-state index in [0.29, 0.717) is 12.4 Å². The van der Waals surface area contributed by atoms with E-state index in [1.54, 1.807) is 11.1 Å². The van der Waals surface area contributed by atoms with Gasteiger partial charge in [-0.1, -0.05) is 18.2 Å². The molecule has 2 heterocycles. The second-order valence-corrected chi connectivity index (χ2v) is 5.11. The summed E-state index contributed by atoms with van der Waals surface area (Å²) < 4.78 is 0.913. The highest BCUT2D eigenvalue weighted by atomic mass is 79.9. The van der Waals surface area contributed by atoms with Crippen LogP contribution >= 0.6 is 15.9 Å². The van der Waals surface area contributed by atoms with Gasteiger partial charge in [0.25, 0.3) is 5.91 Å². The van der Waals surface area contributed by atoms with Crippen molar-refractivity contribution in [3.8, 4) is 0 Å². The lowest BCUT2D eigenvalue weighted by molar-refractivity contribution is 0.0980. The zero-order valence-corrected chi connectivity index (χ0v) is 11.2. The van der Waals surface area contributed by atoms with Crippen LogP contribution in [0.2, 0.25) is 0 Å². The Morgan fingerprint density at radius 1 is 1.17 bits per heavy atom. The topological polar surface area (TPSA) is 33.2 Å². The molecule has 1 amide bonds. The second kappa shape index (κ2) is 4.53. The minimum Gasteiger partial charge on any atom is -0.292 e. The number of halogens is 1. The molecule has 0 radical (unpaired) electrons. The Morgan fingerprint density at radius 2 is 2.00 bits per heavy atom. The smallest absolute Gasteiger partial charge is 0.259 e. The molecule has 0 saturated heterocycles. The van der Waals surface area contributed by atoms with E-state index in [0.717, 1.165) is 22.0 Å². The SMILES string of the molecule is O=C1c2ccccc2CCN1c1ccc(Br)cn1. The first-order chi connectivity index (χ1) is 8.75. The van der Waals surface area contributed by atoms with Crippen molar-refractivity contribution in [2.75, 3.05) is 11.4 Å². The van der Waals surface area contributed by atoms with Crippen LogP contribution in [-0.4, -0.2) is 17.4 Å². The quantitative estimate of drug-likeness (QED) is 0.811. The maximum Gasteiger partial charge on any atom is 0.259 e. The Kier molecular flexibility index (Phi) is 2.88. The molecule has 0 aliphatic carbocycles. The Bertz CT molecular complexity index is 595. The van der Waals surface area contributed by atoms with Crippen LogP contribution in [0.3, 0.4) is 0 Å². The van der Waals surface area contributed by atoms with Crippen molar-refractivity contribution < 1.29 is 4.79 Å². The Morgan fingerprint density at radius 3 is 2.78 bits per heavy atom. The molecule has 1 aromatic heterocycles. The van der Waals surface area contributed by atoms with Crippen LogP contribution in [0, 0.1) is 0 Å². The first-order valence-electron chi connectivity index (χ1n) is 5.77. The Labute approximate surface area is 114 Å². The van der Waals surface area contributed by atoms with E-state index in [-0.39, 0.29) is 5.91 Å². The number of amides is 1. The molecule has 0 atom stereocenters. The van der Waals surface area contributed by atoms with Crippen LogP contribution in [0.5, 0.6) is 0 Å². The van der Waals surface area contributed by atoms with Crippen molar-refractivity contribution in [2.45, 2.75) is 6.42 Å². The summed E-state index contributed by atoms with van der Waals surface area (Å²) in [5, 5.41) is 0. The molecule has 0 bridgehead atoms. The zero-order chi connectivity index (χ0) is 12.5. The zero-order valence-electron chi connectivity index (χ0n) is 9.64. The van der Waals surface area contributed by atoms with Crippen molar-refractivity contribution in [2.24, 2.45) is 0 Å². The summed E-state index contributed by atoms with van der Waals surface area (Å²) in [5.41, 5.74) is 1.91. The van der Waals surface area contributed by atoms with Gasteiger partial charge in [-0.15, -0.1) is 0 Å². The molecule has 0 N–H and O–H groups in total. The van der Waals surface area contributed by atoms with Crippen LogP contribution in [0.15, 0.2) is 47.1 Å². The number of carbonyl (C=O) groups excluding carboxylic acids is 1. The summed E-state index contributed by atoms with van der Waals surface area (Å²) in [4.78, 5) is 18.4. The number of carbonyl (C=O) groups is 1. The summed E-state index contributed by atoms with van der Waals surface area (Å²) in [6, 6.07) is 11.5. The number of hydrogen-bond acceptors (Lipinski definition) is 2. The fraction of sp³-hybridized carbons (Fsp3) is 0.143. The van der Waals surface area contributed by atoms with Gasteiger partial charge in [-0.25, -0.2) is 4.98 Å². The van der Waals surface area contributed by atoms with Gasteiger partial charge in [0, 0.05) is 22.8 Å². The lowest BCUT2D eigenvalue weighted by Gasteiger charge is -2.27. The molecule has 1 aromatic carbocycles. The first kappa shape index (κ1) is 11.4. The number of rotatable bonds is 1. The summed E-state index contributed by atoms with van der Waals surface area (Å²) >= 11 is 3.34. The molecule has 18 heavy (non-hydrogen) atoms. The summed E-state index contributed by atoms with van der Waals surface area (Å²) in [6.45, 7) is 0.685. The van der Waals surface area contributed by atoms with Gasteiger partial charge in [-0.2, -0.15) is 0 Å². The highest BCUT2D eigenvalue weighted by Gasteiger charge is 2.25. The van der Waals surface area contributed by atoms with E-state index in [1.807, 2.05) is 36.4 Å². The van der Waals surface area contributed by atoms with E-state index in [2.05, 4.69) is 20.9 Å². The number of anilines is 1. The molecular weight excluding hydrogens is 292 g/mol. The van der Waals surface area contributed by atoms with E-state index in [1.165, 1.54) is 0 Å². The molecule has 4 heteroatoms. The minimum absolute atomic E-state index is 0.0340. The van der Waals surface area contributed by atoms with E-state index < -0.39 is 0 Å². The van der Waals surface area contributed by atoms with Gasteiger partial charge in [-0.05, 0) is 46.1 Å². The van der Waals surface area contributed by atoms with Crippen LogP contribution in [-0.2, 0) is 6.42 Å². The predicted molar refractivity (Wildman–Crippen MR) is 73.8 cm³/mol. The fourth-order valence-corrected chi connectivity index (χ4v) is 2.41. The number of pyridine rings is 1. The number of benzene rings is 1.